The molecule has 0 heterocycles. The van der Waals surface area contributed by atoms with Gasteiger partial charge in [0.1, 0.15) is 0 Å². The third-order valence-electron chi connectivity index (χ3n) is 0. The first-order valence-electron chi connectivity index (χ1n) is 1.50. The van der Waals surface area contributed by atoms with Crippen LogP contribution >= 0.6 is 16.3 Å². The first kappa shape index (κ1) is 12.1. The van der Waals surface area contributed by atoms with Crippen LogP contribution in [0, 0.1) is 0 Å². The van der Waals surface area contributed by atoms with Gasteiger partial charge >= 0.3 is 7.75 Å². The van der Waals surface area contributed by atoms with Crippen LogP contribution in [0.15, 0.2) is 0 Å². The standard InChI is InChI=1S/H4NO3P.H4NO2P/c1-5(2,3)4;1-4(2)3/h(H4,1,2,3,4);2-3H,1H2. The van der Waals surface area contributed by atoms with E-state index in [-0.39, 0.29) is 0 Å². The highest BCUT2D eigenvalue weighted by atomic mass is 31.2. The molecule has 0 radical (unpaired) electrons. The monoisotopic (exact) mass is 178 g/mol. The zero-order valence-electron chi connectivity index (χ0n) is 4.25. The molecule has 0 aliphatic heterocycles. The summed E-state index contributed by atoms with van der Waals surface area (Å²) in [4.78, 5) is 29.7. The van der Waals surface area contributed by atoms with Gasteiger partial charge in [0.25, 0.3) is 0 Å². The minimum absolute atomic E-state index is 2.12. The Morgan fingerprint density at radius 3 is 1.33 bits per heavy atom. The Balaban J connectivity index is 0. The van der Waals surface area contributed by atoms with Crippen molar-refractivity contribution >= 4 is 16.3 Å². The van der Waals surface area contributed by atoms with Gasteiger partial charge in [-0.15, -0.1) is 0 Å². The molecule has 9 heteroatoms. The first-order chi connectivity index (χ1) is 3.73. The van der Waals surface area contributed by atoms with Gasteiger partial charge in [-0.2, -0.15) is 0 Å². The van der Waals surface area contributed by atoms with Crippen molar-refractivity contribution in [2.75, 3.05) is 0 Å². The second kappa shape index (κ2) is 5.22. The molecular weight excluding hydrogens is 170 g/mol. The number of hydrogen-bond donors (Lipinski definition) is 6. The van der Waals surface area contributed by atoms with Gasteiger partial charge in [0, 0.05) is 0 Å². The second-order valence-corrected chi connectivity index (χ2v) is 2.73. The van der Waals surface area contributed by atoms with E-state index in [1.807, 2.05) is 0 Å². The molecule has 8 N–H and O–H groups in total. The van der Waals surface area contributed by atoms with E-state index >= 15 is 0 Å². The van der Waals surface area contributed by atoms with Gasteiger partial charge < -0.3 is 19.6 Å². The van der Waals surface area contributed by atoms with Gasteiger partial charge in [-0.25, -0.2) is 10.1 Å². The summed E-state index contributed by atoms with van der Waals surface area (Å²) < 4.78 is 9.10. The van der Waals surface area contributed by atoms with Crippen molar-refractivity contribution in [3.63, 3.8) is 0 Å². The number of hydrogen-bond acceptors (Lipinski definition) is 4. The largest absolute Gasteiger partial charge is 0.397 e. The highest BCUT2D eigenvalue weighted by Crippen LogP contribution is 2.20. The van der Waals surface area contributed by atoms with E-state index in [9.17, 15) is 0 Å². The number of rotatable bonds is 0. The molecule has 0 aromatic carbocycles. The molecule has 0 aromatic heterocycles. The van der Waals surface area contributed by atoms with Crippen LogP contribution in [0.4, 0.5) is 0 Å². The Labute approximate surface area is 52.5 Å². The zero-order valence-corrected chi connectivity index (χ0v) is 6.04. The Morgan fingerprint density at radius 1 is 1.33 bits per heavy atom. The summed E-state index contributed by atoms with van der Waals surface area (Å²) in [6.45, 7) is 0. The maximum absolute atomic E-state index is 9.10. The SMILES string of the molecule is NP(=O)(O)O.NP(O)O. The Morgan fingerprint density at radius 2 is 1.33 bits per heavy atom. The molecule has 0 saturated carbocycles. The van der Waals surface area contributed by atoms with Gasteiger partial charge in [0.05, 0.1) is 0 Å². The molecule has 0 bridgehead atoms. The van der Waals surface area contributed by atoms with E-state index in [4.69, 9.17) is 24.1 Å². The molecule has 7 nitrogen and oxygen atoms in total. The van der Waals surface area contributed by atoms with E-state index in [0.29, 0.717) is 0 Å². The third-order valence-corrected chi connectivity index (χ3v) is 0. The summed E-state index contributed by atoms with van der Waals surface area (Å²) in [6.07, 6.45) is 0. The minimum Gasteiger partial charge on any atom is -0.338 e. The normalized spacial score (nSPS) is 10.6. The lowest BCUT2D eigenvalue weighted by atomic mass is 13.9. The molecule has 0 rings (SSSR count). The van der Waals surface area contributed by atoms with E-state index in [0.717, 1.165) is 0 Å². The van der Waals surface area contributed by atoms with Gasteiger partial charge in [-0.1, -0.05) is 0 Å². The molecule has 0 fully saturated rings. The van der Waals surface area contributed by atoms with E-state index in [1.54, 1.807) is 0 Å². The molecule has 0 amide bonds. The van der Waals surface area contributed by atoms with Crippen molar-refractivity contribution in [1.29, 1.82) is 0 Å². The van der Waals surface area contributed by atoms with Crippen LogP contribution in [0.2, 0.25) is 0 Å². The fourth-order valence-corrected chi connectivity index (χ4v) is 0. The van der Waals surface area contributed by atoms with Crippen LogP contribution in [-0.4, -0.2) is 19.6 Å². The summed E-state index contributed by atoms with van der Waals surface area (Å²) in [5.41, 5.74) is 8.31. The Kier molecular flexibility index (Phi) is 7.04. The maximum atomic E-state index is 9.10. The van der Waals surface area contributed by atoms with Gasteiger partial charge in [-0.3, -0.25) is 5.50 Å². The van der Waals surface area contributed by atoms with Gasteiger partial charge in [0.2, 0.25) is 8.53 Å². The summed E-state index contributed by atoms with van der Waals surface area (Å²) in [5.74, 6) is 0. The molecule has 0 saturated heterocycles. The first-order valence-corrected chi connectivity index (χ1v) is 4.50. The van der Waals surface area contributed by atoms with Crippen molar-refractivity contribution in [3.8, 4) is 0 Å². The average Bonchev–Trinajstić information content (AvgIpc) is 1.19. The predicted octanol–water partition coefficient (Wildman–Crippen LogP) is -1.81. The predicted molar refractivity (Wildman–Crippen MR) is 31.8 cm³/mol. The summed E-state index contributed by atoms with van der Waals surface area (Å²) in [6, 6.07) is 0. The maximum Gasteiger partial charge on any atom is 0.397 e. The van der Waals surface area contributed by atoms with Gasteiger partial charge in [0.15, 0.2) is 0 Å². The highest BCUT2D eigenvalue weighted by Gasteiger charge is 1.96. The average molecular weight is 178 g/mol. The zero-order chi connectivity index (χ0) is 8.08. The fraction of sp³-hybridized carbons (Fsp3) is 0. The van der Waals surface area contributed by atoms with Crippen molar-refractivity contribution in [2.24, 2.45) is 11.0 Å². The van der Waals surface area contributed by atoms with Crippen LogP contribution in [-0.2, 0) is 4.57 Å². The highest BCUT2D eigenvalue weighted by molar-refractivity contribution is 7.49. The third kappa shape index (κ3) is 1970. The fourth-order valence-electron chi connectivity index (χ4n) is 0. The van der Waals surface area contributed by atoms with Gasteiger partial charge in [-0.05, 0) is 0 Å². The molecule has 58 valence electrons. The number of nitrogens with two attached hydrogens (primary N) is 2. The van der Waals surface area contributed by atoms with Crippen molar-refractivity contribution in [1.82, 2.24) is 0 Å². The van der Waals surface area contributed by atoms with E-state index in [2.05, 4.69) is 11.0 Å². The van der Waals surface area contributed by atoms with E-state index in [1.165, 1.54) is 0 Å². The summed E-state index contributed by atoms with van der Waals surface area (Å²) in [7, 11) is -6.26. The van der Waals surface area contributed by atoms with E-state index < -0.39 is 16.3 Å². The molecule has 0 unspecified atom stereocenters. The molecule has 0 aliphatic rings. The second-order valence-electron chi connectivity index (χ2n) is 0.909. The van der Waals surface area contributed by atoms with Crippen LogP contribution in [0.25, 0.3) is 0 Å². The molecular formula is H8N2O5P2. The van der Waals surface area contributed by atoms with Crippen LogP contribution in [0.1, 0.15) is 0 Å². The smallest absolute Gasteiger partial charge is 0.338 e. The summed E-state index contributed by atoms with van der Waals surface area (Å²) >= 11 is 0. The Hall–Kier alpha value is 0.420. The van der Waals surface area contributed by atoms with Crippen molar-refractivity contribution in [2.45, 2.75) is 0 Å². The van der Waals surface area contributed by atoms with Crippen LogP contribution in [0.3, 0.4) is 0 Å². The molecule has 0 atom stereocenters. The molecule has 0 aliphatic carbocycles. The molecule has 9 heavy (non-hydrogen) atoms. The molecule has 0 spiro atoms. The minimum atomic E-state index is -4.14. The lowest BCUT2D eigenvalue weighted by Gasteiger charge is -1.84. The lowest BCUT2D eigenvalue weighted by Crippen LogP contribution is -1.87. The summed E-state index contributed by atoms with van der Waals surface area (Å²) in [5, 5.41) is 0. The van der Waals surface area contributed by atoms with Crippen molar-refractivity contribution in [3.05, 3.63) is 0 Å². The topological polar surface area (TPSA) is 150 Å². The van der Waals surface area contributed by atoms with Crippen LogP contribution < -0.4 is 11.0 Å². The Bertz CT molecular complexity index is 84.1. The lowest BCUT2D eigenvalue weighted by molar-refractivity contribution is 0.374. The quantitative estimate of drug-likeness (QED) is 0.239. The van der Waals surface area contributed by atoms with Crippen LogP contribution in [0.5, 0.6) is 0 Å². The molecule has 0 aromatic rings. The van der Waals surface area contributed by atoms with Crippen molar-refractivity contribution < 1.29 is 24.1 Å².